The van der Waals surface area contributed by atoms with E-state index in [2.05, 4.69) is 10.2 Å². The molecule has 0 spiro atoms. The lowest BCUT2D eigenvalue weighted by molar-refractivity contribution is 0.340. The van der Waals surface area contributed by atoms with E-state index in [4.69, 9.17) is 26.9 Å². The Bertz CT molecular complexity index is 837. The number of hydrogen-bond donors (Lipinski definition) is 1. The van der Waals surface area contributed by atoms with E-state index < -0.39 is 0 Å². The van der Waals surface area contributed by atoms with Crippen LogP contribution in [-0.4, -0.2) is 33.8 Å². The lowest BCUT2D eigenvalue weighted by Crippen LogP contribution is -2.12. The van der Waals surface area contributed by atoms with Gasteiger partial charge in [0.15, 0.2) is 5.82 Å². The number of rotatable bonds is 8. The van der Waals surface area contributed by atoms with Gasteiger partial charge in [-0.15, -0.1) is 10.2 Å². The third-order valence-electron chi connectivity index (χ3n) is 3.48. The zero-order valence-corrected chi connectivity index (χ0v) is 15.8. The quantitative estimate of drug-likeness (QED) is 0.357. The monoisotopic (exact) mass is 390 g/mol. The summed E-state index contributed by atoms with van der Waals surface area (Å²) in [7, 11) is 0. The van der Waals surface area contributed by atoms with Crippen LogP contribution in [0.5, 0.6) is 11.5 Å². The molecule has 3 rings (SSSR count). The van der Waals surface area contributed by atoms with Crippen molar-refractivity contribution in [2.45, 2.75) is 12.1 Å². The van der Waals surface area contributed by atoms with Crippen LogP contribution >= 0.6 is 23.4 Å². The largest absolute Gasteiger partial charge is 0.494 e. The van der Waals surface area contributed by atoms with Crippen molar-refractivity contribution in [3.63, 3.8) is 0 Å². The standard InChI is InChI=1S/C18H19ClN4O2S/c1-2-24-15-7-3-13(4-8-15)17-21-22-18(23(17)20)26-12-11-25-16-9-5-14(19)6-10-16/h3-10H,2,11-12,20H2,1H3. The average Bonchev–Trinajstić information content (AvgIpc) is 3.02. The maximum Gasteiger partial charge on any atom is 0.210 e. The van der Waals surface area contributed by atoms with E-state index in [0.717, 1.165) is 17.1 Å². The Morgan fingerprint density at radius 3 is 2.35 bits per heavy atom. The number of hydrogen-bond acceptors (Lipinski definition) is 6. The van der Waals surface area contributed by atoms with Gasteiger partial charge < -0.3 is 15.3 Å². The van der Waals surface area contributed by atoms with Gasteiger partial charge in [-0.2, -0.15) is 0 Å². The summed E-state index contributed by atoms with van der Waals surface area (Å²) in [5, 5.41) is 9.65. The molecule has 1 heterocycles. The molecule has 0 aliphatic rings. The smallest absolute Gasteiger partial charge is 0.210 e. The Morgan fingerprint density at radius 1 is 1.00 bits per heavy atom. The highest BCUT2D eigenvalue weighted by atomic mass is 35.5. The summed E-state index contributed by atoms with van der Waals surface area (Å²) >= 11 is 7.33. The summed E-state index contributed by atoms with van der Waals surface area (Å²) in [6.45, 7) is 3.10. The molecule has 3 aromatic rings. The predicted octanol–water partition coefficient (Wildman–Crippen LogP) is 3.88. The molecule has 0 aliphatic heterocycles. The lowest BCUT2D eigenvalue weighted by atomic mass is 10.2. The average molecular weight is 391 g/mol. The summed E-state index contributed by atoms with van der Waals surface area (Å²) in [6.07, 6.45) is 0. The highest BCUT2D eigenvalue weighted by Gasteiger charge is 2.12. The fourth-order valence-corrected chi connectivity index (χ4v) is 3.06. The Morgan fingerprint density at radius 2 is 1.65 bits per heavy atom. The second-order valence-electron chi connectivity index (χ2n) is 5.28. The van der Waals surface area contributed by atoms with Crippen LogP contribution in [0.3, 0.4) is 0 Å². The van der Waals surface area contributed by atoms with Gasteiger partial charge in [0.1, 0.15) is 11.5 Å². The normalized spacial score (nSPS) is 10.7. The summed E-state index contributed by atoms with van der Waals surface area (Å²) in [4.78, 5) is 0. The van der Waals surface area contributed by atoms with E-state index in [-0.39, 0.29) is 0 Å². The fraction of sp³-hybridized carbons (Fsp3) is 0.222. The van der Waals surface area contributed by atoms with Crippen LogP contribution in [0.4, 0.5) is 0 Å². The number of ether oxygens (including phenoxy) is 2. The van der Waals surface area contributed by atoms with Crippen molar-refractivity contribution < 1.29 is 9.47 Å². The number of nitrogens with zero attached hydrogens (tertiary/aromatic N) is 3. The molecule has 2 N–H and O–H groups in total. The number of nitrogens with two attached hydrogens (primary N) is 1. The van der Waals surface area contributed by atoms with E-state index in [9.17, 15) is 0 Å². The van der Waals surface area contributed by atoms with E-state index in [1.54, 1.807) is 12.1 Å². The van der Waals surface area contributed by atoms with Crippen LogP contribution < -0.4 is 15.3 Å². The fourth-order valence-electron chi connectivity index (χ4n) is 2.26. The van der Waals surface area contributed by atoms with Crippen molar-refractivity contribution in [2.75, 3.05) is 24.8 Å². The number of aromatic nitrogens is 3. The third kappa shape index (κ3) is 4.62. The van der Waals surface area contributed by atoms with Gasteiger partial charge in [0, 0.05) is 16.3 Å². The molecule has 0 atom stereocenters. The van der Waals surface area contributed by atoms with Gasteiger partial charge in [0.25, 0.3) is 0 Å². The molecule has 0 fully saturated rings. The zero-order chi connectivity index (χ0) is 18.4. The lowest BCUT2D eigenvalue weighted by Gasteiger charge is -2.07. The van der Waals surface area contributed by atoms with Crippen LogP contribution in [0, 0.1) is 0 Å². The van der Waals surface area contributed by atoms with Gasteiger partial charge in [-0.25, -0.2) is 4.68 Å². The summed E-state index contributed by atoms with van der Waals surface area (Å²) < 4.78 is 12.6. The van der Waals surface area contributed by atoms with Crippen molar-refractivity contribution >= 4 is 23.4 Å². The topological polar surface area (TPSA) is 75.2 Å². The maximum atomic E-state index is 6.13. The maximum absolute atomic E-state index is 6.13. The molecule has 2 aromatic carbocycles. The summed E-state index contributed by atoms with van der Waals surface area (Å²) in [5.41, 5.74) is 0.882. The van der Waals surface area contributed by atoms with Gasteiger partial charge in [0.2, 0.25) is 5.16 Å². The SMILES string of the molecule is CCOc1ccc(-c2nnc(SCCOc3ccc(Cl)cc3)n2N)cc1. The number of benzene rings is 2. The van der Waals surface area contributed by atoms with Gasteiger partial charge in [0.05, 0.1) is 13.2 Å². The highest BCUT2D eigenvalue weighted by Crippen LogP contribution is 2.24. The van der Waals surface area contributed by atoms with Crippen LogP contribution in [0.2, 0.25) is 5.02 Å². The predicted molar refractivity (Wildman–Crippen MR) is 104 cm³/mol. The second-order valence-corrected chi connectivity index (χ2v) is 6.78. The molecular weight excluding hydrogens is 372 g/mol. The molecule has 0 amide bonds. The number of nitrogen functional groups attached to an aromatic ring is 1. The van der Waals surface area contributed by atoms with Crippen molar-refractivity contribution in [1.29, 1.82) is 0 Å². The molecule has 0 saturated carbocycles. The Balaban J connectivity index is 1.55. The zero-order valence-electron chi connectivity index (χ0n) is 14.3. The Kier molecular flexibility index (Phi) is 6.25. The molecule has 136 valence electrons. The first kappa shape index (κ1) is 18.4. The van der Waals surface area contributed by atoms with Crippen LogP contribution in [0.15, 0.2) is 53.7 Å². The first-order chi connectivity index (χ1) is 12.7. The number of thioether (sulfide) groups is 1. The molecule has 8 heteroatoms. The molecule has 0 radical (unpaired) electrons. The minimum atomic E-state index is 0.525. The molecule has 26 heavy (non-hydrogen) atoms. The summed E-state index contributed by atoms with van der Waals surface area (Å²) in [5.74, 6) is 9.02. The van der Waals surface area contributed by atoms with Crippen molar-refractivity contribution in [3.8, 4) is 22.9 Å². The molecule has 0 aliphatic carbocycles. The third-order valence-corrected chi connectivity index (χ3v) is 4.64. The summed E-state index contributed by atoms with van der Waals surface area (Å²) in [6, 6.07) is 14.9. The Hall–Kier alpha value is -2.38. The van der Waals surface area contributed by atoms with E-state index in [1.165, 1.54) is 16.4 Å². The van der Waals surface area contributed by atoms with E-state index >= 15 is 0 Å². The van der Waals surface area contributed by atoms with E-state index in [1.807, 2.05) is 43.3 Å². The minimum Gasteiger partial charge on any atom is -0.494 e. The van der Waals surface area contributed by atoms with Gasteiger partial charge in [-0.1, -0.05) is 23.4 Å². The molecule has 0 saturated heterocycles. The van der Waals surface area contributed by atoms with Crippen molar-refractivity contribution in [3.05, 3.63) is 53.6 Å². The van der Waals surface area contributed by atoms with Crippen LogP contribution in [0.25, 0.3) is 11.4 Å². The number of halogens is 1. The molecule has 1 aromatic heterocycles. The first-order valence-corrected chi connectivity index (χ1v) is 9.48. The van der Waals surface area contributed by atoms with Gasteiger partial charge >= 0.3 is 0 Å². The molecular formula is C18H19ClN4O2S. The van der Waals surface area contributed by atoms with Gasteiger partial charge in [-0.3, -0.25) is 0 Å². The second kappa shape index (κ2) is 8.82. The van der Waals surface area contributed by atoms with Crippen LogP contribution in [0.1, 0.15) is 6.92 Å². The Labute approximate surface area is 161 Å². The molecule has 6 nitrogen and oxygen atoms in total. The minimum absolute atomic E-state index is 0.525. The molecule has 0 bridgehead atoms. The highest BCUT2D eigenvalue weighted by molar-refractivity contribution is 7.99. The van der Waals surface area contributed by atoms with Crippen molar-refractivity contribution in [1.82, 2.24) is 14.9 Å². The van der Waals surface area contributed by atoms with Crippen molar-refractivity contribution in [2.24, 2.45) is 0 Å². The first-order valence-electron chi connectivity index (χ1n) is 8.12. The van der Waals surface area contributed by atoms with E-state index in [0.29, 0.717) is 35.0 Å². The molecule has 0 unspecified atom stereocenters. The van der Waals surface area contributed by atoms with Crippen LogP contribution in [-0.2, 0) is 0 Å². The van der Waals surface area contributed by atoms with Gasteiger partial charge in [-0.05, 0) is 55.5 Å².